The smallest absolute Gasteiger partial charge is 0.220 e. The summed E-state index contributed by atoms with van der Waals surface area (Å²) >= 11 is 0. The van der Waals surface area contributed by atoms with E-state index in [2.05, 4.69) is 43.2 Å². The maximum atomic E-state index is 12.1. The highest BCUT2D eigenvalue weighted by Crippen LogP contribution is 2.24. The third-order valence-corrected chi connectivity index (χ3v) is 4.30. The van der Waals surface area contributed by atoms with Gasteiger partial charge >= 0.3 is 0 Å². The zero-order valence-corrected chi connectivity index (χ0v) is 17.1. The lowest BCUT2D eigenvalue weighted by molar-refractivity contribution is -0.121. The number of pyridine rings is 1. The molecule has 0 aliphatic rings. The van der Waals surface area contributed by atoms with E-state index < -0.39 is 0 Å². The van der Waals surface area contributed by atoms with Crippen LogP contribution in [0.2, 0.25) is 0 Å². The van der Waals surface area contributed by atoms with E-state index in [0.717, 1.165) is 17.1 Å². The SMILES string of the molecule is CN(C)c1ncccc1CNC(=O)CCCOc1ccc(C(C)(C)C)cc1. The first-order chi connectivity index (χ1) is 12.8. The second-order valence-electron chi connectivity index (χ2n) is 7.88. The summed E-state index contributed by atoms with van der Waals surface area (Å²) < 4.78 is 5.74. The van der Waals surface area contributed by atoms with Gasteiger partial charge in [0.2, 0.25) is 5.91 Å². The van der Waals surface area contributed by atoms with Crippen LogP contribution in [0, 0.1) is 0 Å². The van der Waals surface area contributed by atoms with Crippen molar-refractivity contribution in [2.75, 3.05) is 25.6 Å². The van der Waals surface area contributed by atoms with Gasteiger partial charge in [0.05, 0.1) is 6.61 Å². The Bertz CT molecular complexity index is 734. The third kappa shape index (κ3) is 6.59. The summed E-state index contributed by atoms with van der Waals surface area (Å²) in [4.78, 5) is 18.3. The van der Waals surface area contributed by atoms with Crippen molar-refractivity contribution < 1.29 is 9.53 Å². The topological polar surface area (TPSA) is 54.5 Å². The van der Waals surface area contributed by atoms with Crippen LogP contribution in [0.4, 0.5) is 5.82 Å². The molecule has 2 aromatic rings. The molecule has 1 aromatic heterocycles. The molecule has 1 aromatic carbocycles. The molecule has 27 heavy (non-hydrogen) atoms. The lowest BCUT2D eigenvalue weighted by Gasteiger charge is -2.19. The largest absolute Gasteiger partial charge is 0.494 e. The molecule has 1 heterocycles. The van der Waals surface area contributed by atoms with Gasteiger partial charge in [0.1, 0.15) is 11.6 Å². The van der Waals surface area contributed by atoms with Crippen LogP contribution in [-0.2, 0) is 16.8 Å². The Morgan fingerprint density at radius 2 is 1.85 bits per heavy atom. The van der Waals surface area contributed by atoms with E-state index in [-0.39, 0.29) is 11.3 Å². The fraction of sp³-hybridized carbons (Fsp3) is 0.455. The number of benzene rings is 1. The van der Waals surface area contributed by atoms with Crippen LogP contribution in [0.25, 0.3) is 0 Å². The van der Waals surface area contributed by atoms with Crippen molar-refractivity contribution in [3.8, 4) is 5.75 Å². The summed E-state index contributed by atoms with van der Waals surface area (Å²) in [5.41, 5.74) is 2.42. The number of hydrogen-bond donors (Lipinski definition) is 1. The number of carbonyl (C=O) groups excluding carboxylic acids is 1. The predicted molar refractivity (Wildman–Crippen MR) is 110 cm³/mol. The number of ether oxygens (including phenoxy) is 1. The lowest BCUT2D eigenvalue weighted by atomic mass is 9.87. The first kappa shape index (κ1) is 20.7. The average molecular weight is 370 g/mol. The van der Waals surface area contributed by atoms with Crippen molar-refractivity contribution in [1.82, 2.24) is 10.3 Å². The number of anilines is 1. The van der Waals surface area contributed by atoms with Crippen LogP contribution in [-0.4, -0.2) is 31.6 Å². The second-order valence-corrected chi connectivity index (χ2v) is 7.88. The fourth-order valence-corrected chi connectivity index (χ4v) is 2.73. The van der Waals surface area contributed by atoms with Gasteiger partial charge < -0.3 is 15.0 Å². The lowest BCUT2D eigenvalue weighted by Crippen LogP contribution is -2.24. The van der Waals surface area contributed by atoms with Crippen LogP contribution in [0.3, 0.4) is 0 Å². The zero-order chi connectivity index (χ0) is 19.9. The summed E-state index contributed by atoms with van der Waals surface area (Å²) in [6.07, 6.45) is 2.88. The van der Waals surface area contributed by atoms with E-state index in [1.54, 1.807) is 6.20 Å². The number of rotatable bonds is 8. The molecular weight excluding hydrogens is 338 g/mol. The van der Waals surface area contributed by atoms with Crippen molar-refractivity contribution in [3.05, 3.63) is 53.7 Å². The Kier molecular flexibility index (Phi) is 7.22. The molecule has 146 valence electrons. The Balaban J connectivity index is 1.71. The molecule has 5 heteroatoms. The van der Waals surface area contributed by atoms with Crippen LogP contribution in [0.5, 0.6) is 5.75 Å². The average Bonchev–Trinajstić information content (AvgIpc) is 2.63. The van der Waals surface area contributed by atoms with Gasteiger partial charge in [0.25, 0.3) is 0 Å². The molecule has 5 nitrogen and oxygen atoms in total. The van der Waals surface area contributed by atoms with Crippen molar-refractivity contribution in [1.29, 1.82) is 0 Å². The van der Waals surface area contributed by atoms with Gasteiger partial charge in [-0.1, -0.05) is 39.0 Å². The van der Waals surface area contributed by atoms with Crippen molar-refractivity contribution >= 4 is 11.7 Å². The molecule has 0 saturated heterocycles. The van der Waals surface area contributed by atoms with Gasteiger partial charge in [-0.05, 0) is 35.6 Å². The van der Waals surface area contributed by atoms with Gasteiger partial charge in [-0.15, -0.1) is 0 Å². The number of nitrogens with one attached hydrogen (secondary N) is 1. The van der Waals surface area contributed by atoms with E-state index in [0.29, 0.717) is 26.0 Å². The maximum absolute atomic E-state index is 12.1. The summed E-state index contributed by atoms with van der Waals surface area (Å²) in [6, 6.07) is 12.0. The van der Waals surface area contributed by atoms with Gasteiger partial charge in [-0.3, -0.25) is 4.79 Å². The number of nitrogens with zero attached hydrogens (tertiary/aromatic N) is 2. The molecule has 0 aliphatic heterocycles. The third-order valence-electron chi connectivity index (χ3n) is 4.30. The molecule has 0 saturated carbocycles. The number of amides is 1. The molecule has 0 spiro atoms. The quantitative estimate of drug-likeness (QED) is 0.717. The van der Waals surface area contributed by atoms with Gasteiger partial charge in [0, 0.05) is 38.8 Å². The normalized spacial score (nSPS) is 11.1. The molecule has 1 amide bonds. The van der Waals surface area contributed by atoms with Gasteiger partial charge in [-0.25, -0.2) is 4.98 Å². The molecule has 2 rings (SSSR count). The number of hydrogen-bond acceptors (Lipinski definition) is 4. The van der Waals surface area contributed by atoms with Crippen LogP contribution in [0.1, 0.15) is 44.7 Å². The first-order valence-electron chi connectivity index (χ1n) is 9.38. The van der Waals surface area contributed by atoms with Crippen molar-refractivity contribution in [2.45, 2.75) is 45.6 Å². The molecule has 0 atom stereocenters. The van der Waals surface area contributed by atoms with Crippen LogP contribution in [0.15, 0.2) is 42.6 Å². The minimum Gasteiger partial charge on any atom is -0.494 e. The Labute approximate surface area is 162 Å². The first-order valence-corrected chi connectivity index (χ1v) is 9.38. The van der Waals surface area contributed by atoms with Crippen LogP contribution < -0.4 is 15.0 Å². The Morgan fingerprint density at radius 1 is 1.15 bits per heavy atom. The highest BCUT2D eigenvalue weighted by atomic mass is 16.5. The molecular formula is C22H31N3O2. The highest BCUT2D eigenvalue weighted by Gasteiger charge is 2.13. The number of aromatic nitrogens is 1. The monoisotopic (exact) mass is 369 g/mol. The second kappa shape index (κ2) is 9.40. The fourth-order valence-electron chi connectivity index (χ4n) is 2.73. The number of carbonyl (C=O) groups is 1. The highest BCUT2D eigenvalue weighted by molar-refractivity contribution is 5.76. The zero-order valence-electron chi connectivity index (χ0n) is 17.1. The molecule has 1 N–H and O–H groups in total. The summed E-state index contributed by atoms with van der Waals surface area (Å²) in [6.45, 7) is 7.57. The van der Waals surface area contributed by atoms with E-state index in [4.69, 9.17) is 4.74 Å². The Hall–Kier alpha value is -2.56. The van der Waals surface area contributed by atoms with Crippen molar-refractivity contribution in [3.63, 3.8) is 0 Å². The Morgan fingerprint density at radius 3 is 2.48 bits per heavy atom. The van der Waals surface area contributed by atoms with Gasteiger partial charge in [0.15, 0.2) is 0 Å². The molecule has 0 radical (unpaired) electrons. The summed E-state index contributed by atoms with van der Waals surface area (Å²) in [7, 11) is 3.89. The summed E-state index contributed by atoms with van der Waals surface area (Å²) in [5.74, 6) is 1.74. The van der Waals surface area contributed by atoms with E-state index in [9.17, 15) is 4.79 Å². The minimum absolute atomic E-state index is 0.0234. The van der Waals surface area contributed by atoms with E-state index >= 15 is 0 Å². The van der Waals surface area contributed by atoms with Crippen molar-refractivity contribution in [2.24, 2.45) is 0 Å². The standard InChI is InChI=1S/C22H31N3O2/c1-22(2,3)18-10-12-19(13-11-18)27-15-7-9-20(26)24-16-17-8-6-14-23-21(17)25(4)5/h6,8,10-14H,7,9,15-16H2,1-5H3,(H,24,26). The molecule has 0 bridgehead atoms. The maximum Gasteiger partial charge on any atom is 0.220 e. The molecule has 0 unspecified atom stereocenters. The predicted octanol–water partition coefficient (Wildman–Crippen LogP) is 3.92. The molecule has 0 aliphatic carbocycles. The summed E-state index contributed by atoms with van der Waals surface area (Å²) in [5, 5.41) is 2.96. The van der Waals surface area contributed by atoms with E-state index in [1.165, 1.54) is 5.56 Å². The van der Waals surface area contributed by atoms with Crippen LogP contribution >= 0.6 is 0 Å². The minimum atomic E-state index is 0.0234. The van der Waals surface area contributed by atoms with E-state index in [1.807, 2.05) is 43.3 Å². The van der Waals surface area contributed by atoms with Gasteiger partial charge in [-0.2, -0.15) is 0 Å². The molecule has 0 fully saturated rings.